The fourth-order valence-electron chi connectivity index (χ4n) is 1.46. The van der Waals surface area contributed by atoms with Crippen LogP contribution in [0.4, 0.5) is 0 Å². The van der Waals surface area contributed by atoms with Gasteiger partial charge in [-0.3, -0.25) is 0 Å². The molecule has 6 heteroatoms. The molecule has 0 radical (unpaired) electrons. The van der Waals surface area contributed by atoms with Crippen molar-refractivity contribution in [3.8, 4) is 0 Å². The number of methoxy groups -OCH3 is 1. The van der Waals surface area contributed by atoms with E-state index in [1.807, 2.05) is 17.8 Å². The first-order valence-electron chi connectivity index (χ1n) is 5.45. The summed E-state index contributed by atoms with van der Waals surface area (Å²) in [5, 5.41) is 12.7. The van der Waals surface area contributed by atoms with E-state index in [4.69, 9.17) is 0 Å². The first kappa shape index (κ1) is 13.7. The van der Waals surface area contributed by atoms with Gasteiger partial charge in [-0.25, -0.2) is 9.78 Å². The Morgan fingerprint density at radius 2 is 2.41 bits per heavy atom. The lowest BCUT2D eigenvalue weighted by Gasteiger charge is -2.20. The number of aliphatic hydroxyl groups is 1. The van der Waals surface area contributed by atoms with Crippen LogP contribution in [0.3, 0.4) is 0 Å². The van der Waals surface area contributed by atoms with E-state index >= 15 is 0 Å². The van der Waals surface area contributed by atoms with E-state index in [-0.39, 0.29) is 6.54 Å². The number of carbonyl (C=O) groups is 1. The minimum Gasteiger partial charge on any atom is -0.467 e. The van der Waals surface area contributed by atoms with Crippen molar-refractivity contribution in [3.05, 3.63) is 18.2 Å². The second-order valence-electron chi connectivity index (χ2n) is 4.15. The summed E-state index contributed by atoms with van der Waals surface area (Å²) in [6.07, 6.45) is 4.35. The molecular formula is C11H19N3O3. The minimum atomic E-state index is -1.49. The number of aryl methyl sites for hydroxylation is 1. The number of nitrogens with zero attached hydrogens (tertiary/aromatic N) is 2. The minimum absolute atomic E-state index is 0.157. The van der Waals surface area contributed by atoms with Crippen molar-refractivity contribution in [2.75, 3.05) is 20.2 Å². The van der Waals surface area contributed by atoms with Gasteiger partial charge in [0, 0.05) is 39.0 Å². The fraction of sp³-hybridized carbons (Fsp3) is 0.636. The van der Waals surface area contributed by atoms with Crippen molar-refractivity contribution in [1.29, 1.82) is 0 Å². The highest BCUT2D eigenvalue weighted by molar-refractivity contribution is 5.78. The highest BCUT2D eigenvalue weighted by atomic mass is 16.5. The first-order chi connectivity index (χ1) is 7.97. The van der Waals surface area contributed by atoms with Gasteiger partial charge in [0.25, 0.3) is 0 Å². The monoisotopic (exact) mass is 241 g/mol. The molecule has 1 rings (SSSR count). The van der Waals surface area contributed by atoms with E-state index in [1.54, 1.807) is 6.20 Å². The second-order valence-corrected chi connectivity index (χ2v) is 4.15. The lowest BCUT2D eigenvalue weighted by Crippen LogP contribution is -2.46. The molecule has 0 aliphatic carbocycles. The van der Waals surface area contributed by atoms with Crippen LogP contribution in [0.5, 0.6) is 0 Å². The molecule has 0 aliphatic heterocycles. The van der Waals surface area contributed by atoms with E-state index < -0.39 is 11.6 Å². The third-order valence-corrected chi connectivity index (χ3v) is 2.54. The zero-order valence-electron chi connectivity index (χ0n) is 10.4. The van der Waals surface area contributed by atoms with Gasteiger partial charge in [0.15, 0.2) is 5.60 Å². The molecule has 96 valence electrons. The number of carbonyl (C=O) groups excluding carboxylic acids is 1. The SMILES string of the molecule is COC(=O)C(C)(O)CNCCc1nccn1C. The molecule has 0 amide bonds. The van der Waals surface area contributed by atoms with E-state index in [0.29, 0.717) is 6.54 Å². The summed E-state index contributed by atoms with van der Waals surface area (Å²) in [5.74, 6) is 0.317. The highest BCUT2D eigenvalue weighted by Crippen LogP contribution is 2.03. The normalized spacial score (nSPS) is 14.4. The summed E-state index contributed by atoms with van der Waals surface area (Å²) in [5.41, 5.74) is -1.49. The highest BCUT2D eigenvalue weighted by Gasteiger charge is 2.30. The van der Waals surface area contributed by atoms with Crippen molar-refractivity contribution < 1.29 is 14.6 Å². The zero-order valence-corrected chi connectivity index (χ0v) is 10.4. The molecule has 1 heterocycles. The Labute approximate surface area is 101 Å². The van der Waals surface area contributed by atoms with Crippen LogP contribution in [-0.2, 0) is 23.0 Å². The lowest BCUT2D eigenvalue weighted by atomic mass is 10.1. The molecule has 0 saturated carbocycles. The van der Waals surface area contributed by atoms with E-state index in [2.05, 4.69) is 15.0 Å². The number of ether oxygens (including phenoxy) is 1. The molecule has 2 N–H and O–H groups in total. The molecule has 0 aromatic carbocycles. The first-order valence-corrected chi connectivity index (χ1v) is 5.45. The predicted octanol–water partition coefficient (Wildman–Crippen LogP) is -0.524. The van der Waals surface area contributed by atoms with Crippen molar-refractivity contribution in [2.24, 2.45) is 7.05 Å². The number of rotatable bonds is 6. The van der Waals surface area contributed by atoms with Gasteiger partial charge in [0.1, 0.15) is 5.82 Å². The molecule has 0 bridgehead atoms. The Morgan fingerprint density at radius 3 is 2.94 bits per heavy atom. The van der Waals surface area contributed by atoms with E-state index in [9.17, 15) is 9.90 Å². The van der Waals surface area contributed by atoms with Gasteiger partial charge in [0.05, 0.1) is 7.11 Å². The molecule has 0 saturated heterocycles. The van der Waals surface area contributed by atoms with Crippen LogP contribution in [0, 0.1) is 0 Å². The number of imidazole rings is 1. The number of nitrogens with one attached hydrogen (secondary N) is 1. The lowest BCUT2D eigenvalue weighted by molar-refractivity contribution is -0.159. The van der Waals surface area contributed by atoms with Crippen molar-refractivity contribution >= 4 is 5.97 Å². The average Bonchev–Trinajstić information content (AvgIpc) is 2.69. The smallest absolute Gasteiger partial charge is 0.338 e. The van der Waals surface area contributed by atoms with Gasteiger partial charge in [-0.1, -0.05) is 0 Å². The van der Waals surface area contributed by atoms with Gasteiger partial charge in [-0.15, -0.1) is 0 Å². The Kier molecular flexibility index (Phi) is 4.65. The summed E-state index contributed by atoms with van der Waals surface area (Å²) in [7, 11) is 3.18. The second kappa shape index (κ2) is 5.79. The predicted molar refractivity (Wildman–Crippen MR) is 62.4 cm³/mol. The average molecular weight is 241 g/mol. The number of esters is 1. The quantitative estimate of drug-likeness (QED) is 0.517. The van der Waals surface area contributed by atoms with Crippen molar-refractivity contribution in [1.82, 2.24) is 14.9 Å². The van der Waals surface area contributed by atoms with Gasteiger partial charge in [-0.2, -0.15) is 0 Å². The molecule has 0 spiro atoms. The molecule has 1 aromatic rings. The van der Waals surface area contributed by atoms with E-state index in [0.717, 1.165) is 12.2 Å². The third kappa shape index (κ3) is 3.83. The summed E-state index contributed by atoms with van der Waals surface area (Å²) in [4.78, 5) is 15.4. The summed E-state index contributed by atoms with van der Waals surface area (Å²) in [6.45, 7) is 2.22. The van der Waals surface area contributed by atoms with Crippen LogP contribution in [0.15, 0.2) is 12.4 Å². The van der Waals surface area contributed by atoms with Crippen LogP contribution in [0.1, 0.15) is 12.7 Å². The van der Waals surface area contributed by atoms with Gasteiger partial charge >= 0.3 is 5.97 Å². The summed E-state index contributed by atoms with van der Waals surface area (Å²) < 4.78 is 6.42. The molecule has 0 aliphatic rings. The standard InChI is InChI=1S/C11H19N3O3/c1-11(16,10(15)17-3)8-12-5-4-9-13-6-7-14(9)2/h6-7,12,16H,4-5,8H2,1-3H3. The molecule has 1 atom stereocenters. The van der Waals surface area contributed by atoms with Crippen LogP contribution in [0.2, 0.25) is 0 Å². The molecule has 0 fully saturated rings. The van der Waals surface area contributed by atoms with Crippen molar-refractivity contribution in [3.63, 3.8) is 0 Å². The molecule has 6 nitrogen and oxygen atoms in total. The molecule has 17 heavy (non-hydrogen) atoms. The number of aromatic nitrogens is 2. The van der Waals surface area contributed by atoms with E-state index in [1.165, 1.54) is 14.0 Å². The Morgan fingerprint density at radius 1 is 1.71 bits per heavy atom. The van der Waals surface area contributed by atoms with Crippen LogP contribution in [0.25, 0.3) is 0 Å². The van der Waals surface area contributed by atoms with Crippen LogP contribution in [-0.4, -0.2) is 46.4 Å². The third-order valence-electron chi connectivity index (χ3n) is 2.54. The maximum absolute atomic E-state index is 11.2. The maximum Gasteiger partial charge on any atom is 0.338 e. The summed E-state index contributed by atoms with van der Waals surface area (Å²) in [6, 6.07) is 0. The van der Waals surface area contributed by atoms with Gasteiger partial charge in [0.2, 0.25) is 0 Å². The van der Waals surface area contributed by atoms with Crippen LogP contribution < -0.4 is 5.32 Å². The molecular weight excluding hydrogens is 222 g/mol. The Bertz CT molecular complexity index is 374. The van der Waals surface area contributed by atoms with Crippen molar-refractivity contribution in [2.45, 2.75) is 18.9 Å². The zero-order chi connectivity index (χ0) is 12.9. The fourth-order valence-corrected chi connectivity index (χ4v) is 1.46. The summed E-state index contributed by atoms with van der Waals surface area (Å²) >= 11 is 0. The molecule has 1 unspecified atom stereocenters. The Hall–Kier alpha value is -1.40. The van der Waals surface area contributed by atoms with Gasteiger partial charge in [-0.05, 0) is 6.92 Å². The largest absolute Gasteiger partial charge is 0.467 e. The van der Waals surface area contributed by atoms with Gasteiger partial charge < -0.3 is 19.7 Å². The maximum atomic E-state index is 11.2. The number of hydrogen-bond donors (Lipinski definition) is 2. The topological polar surface area (TPSA) is 76.4 Å². The van der Waals surface area contributed by atoms with Crippen LogP contribution >= 0.6 is 0 Å². The molecule has 1 aromatic heterocycles. The Balaban J connectivity index is 2.29. The number of hydrogen-bond acceptors (Lipinski definition) is 5.